The van der Waals surface area contributed by atoms with E-state index in [0.717, 1.165) is 37.9 Å². The van der Waals surface area contributed by atoms with Crippen LogP contribution < -0.4 is 0 Å². The lowest BCUT2D eigenvalue weighted by atomic mass is 9.81. The lowest BCUT2D eigenvalue weighted by molar-refractivity contribution is -0.0920. The number of fused-ring (bicyclic) bond motifs is 1. The second kappa shape index (κ2) is 5.22. The van der Waals surface area contributed by atoms with Crippen molar-refractivity contribution in [3.63, 3.8) is 0 Å². The summed E-state index contributed by atoms with van der Waals surface area (Å²) in [6, 6.07) is 6.32. The molecule has 3 nitrogen and oxygen atoms in total. The van der Waals surface area contributed by atoms with E-state index >= 15 is 0 Å². The maximum absolute atomic E-state index is 12.8. The monoisotopic (exact) mass is 286 g/mol. The standard InChI is InChI=1S/C18H22O3/c19-17(15-5-4-13-2-1-3-14(13)10-15)16-6-8-21-18(11-16)7-9-20-12-18/h4-5,10,16H,1-3,6-9,11-12H2. The van der Waals surface area contributed by atoms with Crippen molar-refractivity contribution in [1.29, 1.82) is 0 Å². The first-order valence-electron chi connectivity index (χ1n) is 8.14. The smallest absolute Gasteiger partial charge is 0.166 e. The van der Waals surface area contributed by atoms with Gasteiger partial charge in [-0.2, -0.15) is 0 Å². The molecule has 21 heavy (non-hydrogen) atoms. The highest BCUT2D eigenvalue weighted by Crippen LogP contribution is 2.37. The van der Waals surface area contributed by atoms with Crippen LogP contribution in [0.5, 0.6) is 0 Å². The Balaban J connectivity index is 1.54. The Hall–Kier alpha value is -1.19. The maximum Gasteiger partial charge on any atom is 0.166 e. The first-order valence-corrected chi connectivity index (χ1v) is 8.14. The summed E-state index contributed by atoms with van der Waals surface area (Å²) >= 11 is 0. The second-order valence-electron chi connectivity index (χ2n) is 6.73. The van der Waals surface area contributed by atoms with Crippen LogP contribution in [-0.2, 0) is 22.3 Å². The van der Waals surface area contributed by atoms with Crippen LogP contribution in [0, 0.1) is 5.92 Å². The van der Waals surface area contributed by atoms with Gasteiger partial charge in [-0.05, 0) is 49.3 Å². The normalized spacial score (nSPS) is 31.5. The van der Waals surface area contributed by atoms with Gasteiger partial charge in [-0.1, -0.05) is 12.1 Å². The molecule has 0 amide bonds. The van der Waals surface area contributed by atoms with Gasteiger partial charge in [-0.25, -0.2) is 0 Å². The number of carbonyl (C=O) groups is 1. The Kier molecular flexibility index (Phi) is 3.35. The number of aryl methyl sites for hydroxylation is 2. The van der Waals surface area contributed by atoms with E-state index < -0.39 is 0 Å². The van der Waals surface area contributed by atoms with Crippen molar-refractivity contribution in [1.82, 2.24) is 0 Å². The fourth-order valence-electron chi connectivity index (χ4n) is 4.08. The first kappa shape index (κ1) is 13.5. The molecule has 1 aliphatic carbocycles. The van der Waals surface area contributed by atoms with Crippen LogP contribution in [0.15, 0.2) is 18.2 Å². The first-order chi connectivity index (χ1) is 10.3. The van der Waals surface area contributed by atoms with Crippen LogP contribution in [0.4, 0.5) is 0 Å². The lowest BCUT2D eigenvalue weighted by Crippen LogP contribution is -2.42. The molecule has 1 aromatic carbocycles. The molecule has 2 aliphatic heterocycles. The van der Waals surface area contributed by atoms with E-state index in [1.165, 1.54) is 24.0 Å². The predicted molar refractivity (Wildman–Crippen MR) is 79.6 cm³/mol. The zero-order valence-electron chi connectivity index (χ0n) is 12.4. The van der Waals surface area contributed by atoms with Gasteiger partial charge in [-0.15, -0.1) is 0 Å². The fraction of sp³-hybridized carbons (Fsp3) is 0.611. The number of benzene rings is 1. The Bertz CT molecular complexity index is 558. The number of carbonyl (C=O) groups excluding carboxylic acids is 1. The van der Waals surface area contributed by atoms with Gasteiger partial charge < -0.3 is 9.47 Å². The van der Waals surface area contributed by atoms with Gasteiger partial charge in [0, 0.05) is 31.1 Å². The van der Waals surface area contributed by atoms with Gasteiger partial charge in [0.05, 0.1) is 12.2 Å². The second-order valence-corrected chi connectivity index (χ2v) is 6.73. The molecular formula is C18H22O3. The molecule has 2 unspecified atom stereocenters. The van der Waals surface area contributed by atoms with Crippen LogP contribution in [0.25, 0.3) is 0 Å². The van der Waals surface area contributed by atoms with Crippen molar-refractivity contribution >= 4 is 5.78 Å². The van der Waals surface area contributed by atoms with Crippen molar-refractivity contribution in [3.05, 3.63) is 34.9 Å². The molecule has 4 rings (SSSR count). The predicted octanol–water partition coefficient (Wildman–Crippen LogP) is 2.94. The van der Waals surface area contributed by atoms with Gasteiger partial charge in [0.15, 0.2) is 5.78 Å². The minimum atomic E-state index is -0.185. The molecule has 3 aliphatic rings. The van der Waals surface area contributed by atoms with Gasteiger partial charge >= 0.3 is 0 Å². The number of rotatable bonds is 2. The number of ether oxygens (including phenoxy) is 2. The number of ketones is 1. The summed E-state index contributed by atoms with van der Waals surface area (Å²) in [5.41, 5.74) is 3.53. The molecule has 3 heteroatoms. The number of hydrogen-bond donors (Lipinski definition) is 0. The molecule has 2 fully saturated rings. The Labute approximate surface area is 125 Å². The van der Waals surface area contributed by atoms with Gasteiger partial charge in [0.2, 0.25) is 0 Å². The molecule has 1 aromatic rings. The number of Topliss-reactive ketones (excluding diaryl/α,β-unsaturated/α-hetero) is 1. The molecule has 2 saturated heterocycles. The van der Waals surface area contributed by atoms with E-state index in [-0.39, 0.29) is 11.5 Å². The van der Waals surface area contributed by atoms with Crippen molar-refractivity contribution < 1.29 is 14.3 Å². The topological polar surface area (TPSA) is 35.5 Å². The molecule has 2 atom stereocenters. The van der Waals surface area contributed by atoms with E-state index in [2.05, 4.69) is 12.1 Å². The van der Waals surface area contributed by atoms with Crippen molar-refractivity contribution in [3.8, 4) is 0 Å². The molecule has 0 N–H and O–H groups in total. The molecule has 2 heterocycles. The molecule has 0 bridgehead atoms. The third kappa shape index (κ3) is 2.43. The quantitative estimate of drug-likeness (QED) is 0.784. The Morgan fingerprint density at radius 1 is 1.19 bits per heavy atom. The van der Waals surface area contributed by atoms with Crippen molar-refractivity contribution in [2.75, 3.05) is 19.8 Å². The van der Waals surface area contributed by atoms with Crippen LogP contribution in [0.2, 0.25) is 0 Å². The summed E-state index contributed by atoms with van der Waals surface area (Å²) in [6.07, 6.45) is 6.12. The average molecular weight is 286 g/mol. The van der Waals surface area contributed by atoms with Crippen LogP contribution in [-0.4, -0.2) is 31.2 Å². The fourth-order valence-corrected chi connectivity index (χ4v) is 4.08. The Morgan fingerprint density at radius 3 is 2.95 bits per heavy atom. The summed E-state index contributed by atoms with van der Waals surface area (Å²) in [5, 5.41) is 0. The average Bonchev–Trinajstić information content (AvgIpc) is 3.15. The zero-order valence-corrected chi connectivity index (χ0v) is 12.4. The minimum Gasteiger partial charge on any atom is -0.378 e. The lowest BCUT2D eigenvalue weighted by Gasteiger charge is -2.36. The zero-order chi connectivity index (χ0) is 14.3. The molecule has 0 saturated carbocycles. The van der Waals surface area contributed by atoms with Gasteiger partial charge in [0.25, 0.3) is 0 Å². The van der Waals surface area contributed by atoms with Crippen molar-refractivity contribution in [2.24, 2.45) is 5.92 Å². The van der Waals surface area contributed by atoms with E-state index in [9.17, 15) is 4.79 Å². The Morgan fingerprint density at radius 2 is 2.10 bits per heavy atom. The summed E-state index contributed by atoms with van der Waals surface area (Å²) in [5.74, 6) is 0.402. The molecule has 0 aromatic heterocycles. The molecule has 0 radical (unpaired) electrons. The maximum atomic E-state index is 12.8. The minimum absolute atomic E-state index is 0.0971. The highest BCUT2D eigenvalue weighted by atomic mass is 16.6. The summed E-state index contributed by atoms with van der Waals surface area (Å²) in [7, 11) is 0. The summed E-state index contributed by atoms with van der Waals surface area (Å²) in [4.78, 5) is 12.8. The van der Waals surface area contributed by atoms with E-state index in [0.29, 0.717) is 19.0 Å². The highest BCUT2D eigenvalue weighted by Gasteiger charge is 2.43. The molecule has 1 spiro atoms. The third-order valence-corrected chi connectivity index (χ3v) is 5.31. The molecule has 112 valence electrons. The van der Waals surface area contributed by atoms with E-state index in [4.69, 9.17) is 9.47 Å². The van der Waals surface area contributed by atoms with Gasteiger partial charge in [-0.3, -0.25) is 4.79 Å². The van der Waals surface area contributed by atoms with E-state index in [1.54, 1.807) is 0 Å². The van der Waals surface area contributed by atoms with Gasteiger partial charge in [0.1, 0.15) is 0 Å². The SMILES string of the molecule is O=C(c1ccc2c(c1)CCC2)C1CCOC2(CCOC2)C1. The van der Waals surface area contributed by atoms with Crippen LogP contribution >= 0.6 is 0 Å². The third-order valence-electron chi connectivity index (χ3n) is 5.31. The molecular weight excluding hydrogens is 264 g/mol. The van der Waals surface area contributed by atoms with Crippen LogP contribution in [0.3, 0.4) is 0 Å². The largest absolute Gasteiger partial charge is 0.378 e. The van der Waals surface area contributed by atoms with Crippen molar-refractivity contribution in [2.45, 2.75) is 44.1 Å². The van der Waals surface area contributed by atoms with Crippen LogP contribution in [0.1, 0.15) is 47.2 Å². The highest BCUT2D eigenvalue weighted by molar-refractivity contribution is 5.98. The van der Waals surface area contributed by atoms with E-state index in [1.807, 2.05) is 6.07 Å². The summed E-state index contributed by atoms with van der Waals surface area (Å²) in [6.45, 7) is 2.10. The summed E-state index contributed by atoms with van der Waals surface area (Å²) < 4.78 is 11.4. The number of hydrogen-bond acceptors (Lipinski definition) is 3.